The first-order valence-electron chi connectivity index (χ1n) is 7.92. The van der Waals surface area contributed by atoms with Gasteiger partial charge in [0.2, 0.25) is 0 Å². The van der Waals surface area contributed by atoms with Gasteiger partial charge in [-0.2, -0.15) is 5.10 Å². The van der Waals surface area contributed by atoms with Gasteiger partial charge < -0.3 is 10.6 Å². The third kappa shape index (κ3) is 3.33. The molecule has 0 fully saturated rings. The highest BCUT2D eigenvalue weighted by atomic mass is 79.9. The van der Waals surface area contributed by atoms with Gasteiger partial charge >= 0.3 is 0 Å². The molecule has 1 aromatic carbocycles. The van der Waals surface area contributed by atoms with Gasteiger partial charge in [-0.05, 0) is 51.4 Å². The summed E-state index contributed by atoms with van der Waals surface area (Å²) in [7, 11) is 1.89. The first-order chi connectivity index (χ1) is 11.1. The molecule has 0 saturated carbocycles. The number of benzene rings is 1. The van der Waals surface area contributed by atoms with Gasteiger partial charge in [0.15, 0.2) is 5.69 Å². The Morgan fingerprint density at radius 1 is 1.43 bits per heavy atom. The van der Waals surface area contributed by atoms with Crippen molar-refractivity contribution in [2.24, 2.45) is 0 Å². The van der Waals surface area contributed by atoms with Crippen LogP contribution in [-0.4, -0.2) is 35.3 Å². The van der Waals surface area contributed by atoms with E-state index in [9.17, 15) is 4.79 Å². The smallest absolute Gasteiger partial charge is 0.272 e. The molecule has 0 bridgehead atoms. The predicted octanol–water partition coefficient (Wildman–Crippen LogP) is 2.46. The molecule has 0 aliphatic heterocycles. The first-order valence-corrected chi connectivity index (χ1v) is 8.71. The van der Waals surface area contributed by atoms with Crippen LogP contribution >= 0.6 is 15.9 Å². The molecule has 0 spiro atoms. The minimum absolute atomic E-state index is 0.0843. The molecule has 1 aromatic heterocycles. The van der Waals surface area contributed by atoms with E-state index < -0.39 is 0 Å². The van der Waals surface area contributed by atoms with E-state index in [4.69, 9.17) is 0 Å². The van der Waals surface area contributed by atoms with Crippen LogP contribution in [0.25, 0.3) is 5.69 Å². The lowest BCUT2D eigenvalue weighted by Crippen LogP contribution is -2.37. The van der Waals surface area contributed by atoms with E-state index in [2.05, 4.69) is 31.7 Å². The Labute approximate surface area is 144 Å². The third-order valence-corrected chi connectivity index (χ3v) is 4.75. The van der Waals surface area contributed by atoms with Gasteiger partial charge in [-0.1, -0.05) is 22.0 Å². The number of likely N-dealkylation sites (N-methyl/N-ethyl adjacent to an activating group) is 1. The average Bonchev–Trinajstić information content (AvgIpc) is 3.14. The van der Waals surface area contributed by atoms with Gasteiger partial charge in [-0.3, -0.25) is 4.79 Å². The summed E-state index contributed by atoms with van der Waals surface area (Å²) < 4.78 is 2.93. The second kappa shape index (κ2) is 6.84. The Morgan fingerprint density at radius 3 is 3.00 bits per heavy atom. The van der Waals surface area contributed by atoms with Gasteiger partial charge in [-0.25, -0.2) is 4.68 Å². The quantitative estimate of drug-likeness (QED) is 0.842. The molecule has 5 nitrogen and oxygen atoms in total. The Bertz CT molecular complexity index is 725. The number of nitrogens with one attached hydrogen (secondary N) is 2. The Balaban J connectivity index is 1.91. The van der Waals surface area contributed by atoms with Crippen molar-refractivity contribution < 1.29 is 4.79 Å². The van der Waals surface area contributed by atoms with Gasteiger partial charge in [0.25, 0.3) is 5.91 Å². The average molecular weight is 377 g/mol. The number of fused-ring (bicyclic) bond motifs is 1. The number of amides is 1. The maximum absolute atomic E-state index is 12.5. The van der Waals surface area contributed by atoms with Crippen molar-refractivity contribution in [3.8, 4) is 5.69 Å². The van der Waals surface area contributed by atoms with Gasteiger partial charge in [-0.15, -0.1) is 0 Å². The third-order valence-electron chi connectivity index (χ3n) is 4.26. The maximum Gasteiger partial charge on any atom is 0.272 e. The van der Waals surface area contributed by atoms with E-state index in [1.807, 2.05) is 42.9 Å². The fourth-order valence-corrected chi connectivity index (χ4v) is 3.26. The van der Waals surface area contributed by atoms with Crippen molar-refractivity contribution in [2.75, 3.05) is 13.6 Å². The van der Waals surface area contributed by atoms with E-state index in [1.54, 1.807) is 0 Å². The molecule has 2 N–H and O–H groups in total. The van der Waals surface area contributed by atoms with Crippen LogP contribution in [0, 0.1) is 0 Å². The molecule has 1 amide bonds. The van der Waals surface area contributed by atoms with Crippen LogP contribution in [0.2, 0.25) is 0 Å². The number of rotatable bonds is 5. The lowest BCUT2D eigenvalue weighted by atomic mass is 10.2. The van der Waals surface area contributed by atoms with Crippen LogP contribution in [0.4, 0.5) is 0 Å². The highest BCUT2D eigenvalue weighted by Gasteiger charge is 2.26. The normalized spacial score (nSPS) is 14.6. The number of hydrogen-bond donors (Lipinski definition) is 2. The SMILES string of the molecule is CNC(C)CNC(=O)c1nn(-c2cccc(Br)c2)c2c1CCC2. The molecule has 1 aliphatic carbocycles. The Morgan fingerprint density at radius 2 is 2.26 bits per heavy atom. The number of carbonyl (C=O) groups is 1. The number of aromatic nitrogens is 2. The summed E-state index contributed by atoms with van der Waals surface area (Å²) in [5, 5.41) is 10.7. The monoisotopic (exact) mass is 376 g/mol. The molecule has 2 aromatic rings. The van der Waals surface area contributed by atoms with Crippen molar-refractivity contribution in [2.45, 2.75) is 32.2 Å². The summed E-state index contributed by atoms with van der Waals surface area (Å²) in [5.41, 5.74) is 3.82. The number of carbonyl (C=O) groups excluding carboxylic acids is 1. The molecular formula is C17H21BrN4O. The van der Waals surface area contributed by atoms with Crippen LogP contribution in [0.1, 0.15) is 35.1 Å². The molecule has 3 rings (SSSR count). The Kier molecular flexibility index (Phi) is 4.82. The summed E-state index contributed by atoms with van der Waals surface area (Å²) in [6.07, 6.45) is 2.97. The topological polar surface area (TPSA) is 58.9 Å². The zero-order chi connectivity index (χ0) is 16.4. The molecule has 1 unspecified atom stereocenters. The van der Waals surface area contributed by atoms with Crippen molar-refractivity contribution in [3.63, 3.8) is 0 Å². The molecule has 1 aliphatic rings. The largest absolute Gasteiger partial charge is 0.349 e. The summed E-state index contributed by atoms with van der Waals surface area (Å²) in [6, 6.07) is 8.24. The number of hydrogen-bond acceptors (Lipinski definition) is 3. The fourth-order valence-electron chi connectivity index (χ4n) is 2.87. The standard InChI is InChI=1S/C17H21BrN4O/c1-11(19-2)10-20-17(23)16-14-7-4-8-15(14)22(21-16)13-6-3-5-12(18)9-13/h3,5-6,9,11,19H,4,7-8,10H2,1-2H3,(H,20,23). The fraction of sp³-hybridized carbons (Fsp3) is 0.412. The predicted molar refractivity (Wildman–Crippen MR) is 94.1 cm³/mol. The molecule has 23 heavy (non-hydrogen) atoms. The van der Waals surface area contributed by atoms with Crippen LogP contribution in [0.15, 0.2) is 28.7 Å². The molecule has 1 heterocycles. The molecule has 0 radical (unpaired) electrons. The van der Waals surface area contributed by atoms with E-state index in [1.165, 1.54) is 0 Å². The van der Waals surface area contributed by atoms with Crippen LogP contribution in [0.3, 0.4) is 0 Å². The van der Waals surface area contributed by atoms with Crippen molar-refractivity contribution >= 4 is 21.8 Å². The summed E-state index contributed by atoms with van der Waals surface area (Å²) >= 11 is 3.50. The highest BCUT2D eigenvalue weighted by Crippen LogP contribution is 2.28. The van der Waals surface area contributed by atoms with E-state index in [-0.39, 0.29) is 11.9 Å². The minimum Gasteiger partial charge on any atom is -0.349 e. The zero-order valence-corrected chi connectivity index (χ0v) is 15.0. The maximum atomic E-state index is 12.5. The van der Waals surface area contributed by atoms with E-state index in [0.717, 1.165) is 40.7 Å². The van der Waals surface area contributed by atoms with Crippen molar-refractivity contribution in [3.05, 3.63) is 45.7 Å². The number of nitrogens with zero attached hydrogens (tertiary/aromatic N) is 2. The van der Waals surface area contributed by atoms with Gasteiger partial charge in [0.1, 0.15) is 0 Å². The van der Waals surface area contributed by atoms with Crippen molar-refractivity contribution in [1.82, 2.24) is 20.4 Å². The van der Waals surface area contributed by atoms with E-state index in [0.29, 0.717) is 12.2 Å². The zero-order valence-electron chi connectivity index (χ0n) is 13.4. The minimum atomic E-state index is -0.0843. The summed E-state index contributed by atoms with van der Waals surface area (Å²) in [4.78, 5) is 12.5. The van der Waals surface area contributed by atoms with Crippen LogP contribution < -0.4 is 10.6 Å². The molecule has 0 saturated heterocycles. The lowest BCUT2D eigenvalue weighted by Gasteiger charge is -2.10. The Hall–Kier alpha value is -1.66. The first kappa shape index (κ1) is 16.2. The lowest BCUT2D eigenvalue weighted by molar-refractivity contribution is 0.0944. The second-order valence-electron chi connectivity index (χ2n) is 5.92. The molecule has 122 valence electrons. The van der Waals surface area contributed by atoms with Crippen LogP contribution in [-0.2, 0) is 12.8 Å². The van der Waals surface area contributed by atoms with Gasteiger partial charge in [0.05, 0.1) is 5.69 Å². The summed E-state index contributed by atoms with van der Waals surface area (Å²) in [6.45, 7) is 2.62. The van der Waals surface area contributed by atoms with Gasteiger partial charge in [0, 0.05) is 28.3 Å². The van der Waals surface area contributed by atoms with E-state index >= 15 is 0 Å². The highest BCUT2D eigenvalue weighted by molar-refractivity contribution is 9.10. The summed E-state index contributed by atoms with van der Waals surface area (Å²) in [5.74, 6) is -0.0843. The van der Waals surface area contributed by atoms with Crippen LogP contribution in [0.5, 0.6) is 0 Å². The second-order valence-corrected chi connectivity index (χ2v) is 6.83. The molecule has 1 atom stereocenters. The number of halogens is 1. The molecule has 6 heteroatoms. The van der Waals surface area contributed by atoms with Crippen molar-refractivity contribution in [1.29, 1.82) is 0 Å². The molecular weight excluding hydrogens is 356 g/mol.